The number of hydrogen-bond acceptors (Lipinski definition) is 5. The zero-order chi connectivity index (χ0) is 10.4. The highest BCUT2D eigenvalue weighted by molar-refractivity contribution is 5.91. The summed E-state index contributed by atoms with van der Waals surface area (Å²) in [6, 6.07) is 1.42. The summed E-state index contributed by atoms with van der Waals surface area (Å²) in [5.41, 5.74) is 0. The monoisotopic (exact) mass is 200 g/mol. The maximum absolute atomic E-state index is 11.3. The van der Waals surface area contributed by atoms with Gasteiger partial charge in [-0.25, -0.2) is 0 Å². The highest BCUT2D eigenvalue weighted by Crippen LogP contribution is 2.09. The molecule has 0 unspecified atom stereocenters. The molecule has 1 aromatic rings. The van der Waals surface area contributed by atoms with Crippen molar-refractivity contribution in [3.05, 3.63) is 11.8 Å². The van der Waals surface area contributed by atoms with Gasteiger partial charge in [0.2, 0.25) is 5.76 Å². The van der Waals surface area contributed by atoms with Crippen LogP contribution in [0.15, 0.2) is 10.6 Å². The fourth-order valence-corrected chi connectivity index (χ4v) is 0.816. The van der Waals surface area contributed by atoms with Gasteiger partial charge in [0.25, 0.3) is 11.8 Å². The second kappa shape index (κ2) is 5.23. The highest BCUT2D eigenvalue weighted by atomic mass is 16.5. The van der Waals surface area contributed by atoms with Crippen molar-refractivity contribution in [3.63, 3.8) is 0 Å². The second-order valence-electron chi connectivity index (χ2n) is 2.48. The molecule has 1 aromatic heterocycles. The molecule has 0 saturated carbocycles. The summed E-state index contributed by atoms with van der Waals surface area (Å²) in [7, 11) is 3.01. The third-order valence-corrected chi connectivity index (χ3v) is 1.51. The zero-order valence-corrected chi connectivity index (χ0v) is 8.07. The van der Waals surface area contributed by atoms with Crippen molar-refractivity contribution in [2.45, 2.75) is 0 Å². The predicted molar refractivity (Wildman–Crippen MR) is 47.3 cm³/mol. The number of carbonyl (C=O) groups is 1. The molecule has 0 atom stereocenters. The Labute approximate surface area is 81.2 Å². The molecule has 14 heavy (non-hydrogen) atoms. The number of aromatic nitrogens is 1. The predicted octanol–water partition coefficient (Wildman–Crippen LogP) is 0.0594. The Kier molecular flexibility index (Phi) is 3.93. The molecule has 1 rings (SSSR count). The van der Waals surface area contributed by atoms with E-state index >= 15 is 0 Å². The first kappa shape index (κ1) is 10.5. The quantitative estimate of drug-likeness (QED) is 0.680. The zero-order valence-electron chi connectivity index (χ0n) is 8.07. The van der Waals surface area contributed by atoms with Gasteiger partial charge in [-0.3, -0.25) is 4.79 Å². The van der Waals surface area contributed by atoms with E-state index in [0.29, 0.717) is 13.2 Å². The minimum absolute atomic E-state index is 0.123. The van der Waals surface area contributed by atoms with Gasteiger partial charge in [0, 0.05) is 13.7 Å². The van der Waals surface area contributed by atoms with Gasteiger partial charge in [0.15, 0.2) is 0 Å². The first-order chi connectivity index (χ1) is 6.77. The standard InChI is InChI=1S/C8H12N2O4/c1-12-4-3-9-8(11)6-5-7(13-2)10-14-6/h5H,3-4H2,1-2H3,(H,9,11). The first-order valence-electron chi connectivity index (χ1n) is 4.05. The van der Waals surface area contributed by atoms with Gasteiger partial charge >= 0.3 is 0 Å². The Morgan fingerprint density at radius 1 is 1.64 bits per heavy atom. The SMILES string of the molecule is COCCNC(=O)c1cc(OC)no1. The summed E-state index contributed by atoms with van der Waals surface area (Å²) < 4.78 is 14.3. The number of hydrogen-bond donors (Lipinski definition) is 1. The van der Waals surface area contributed by atoms with Gasteiger partial charge in [-0.1, -0.05) is 0 Å². The summed E-state index contributed by atoms with van der Waals surface area (Å²) in [6.45, 7) is 0.884. The van der Waals surface area contributed by atoms with Gasteiger partial charge in [0.1, 0.15) is 0 Å². The van der Waals surface area contributed by atoms with Gasteiger partial charge in [-0.2, -0.15) is 0 Å². The molecule has 0 saturated heterocycles. The molecule has 0 bridgehead atoms. The van der Waals surface area contributed by atoms with E-state index in [1.807, 2.05) is 0 Å². The first-order valence-corrected chi connectivity index (χ1v) is 4.05. The number of amides is 1. The Morgan fingerprint density at radius 3 is 3.00 bits per heavy atom. The van der Waals surface area contributed by atoms with E-state index in [1.54, 1.807) is 7.11 Å². The molecule has 6 heteroatoms. The normalized spacial score (nSPS) is 9.86. The molecule has 1 N–H and O–H groups in total. The molecule has 1 heterocycles. The maximum atomic E-state index is 11.3. The Balaban J connectivity index is 2.44. The topological polar surface area (TPSA) is 73.6 Å². The largest absolute Gasteiger partial charge is 0.479 e. The molecule has 0 aliphatic heterocycles. The van der Waals surface area contributed by atoms with Crippen LogP contribution in [0.2, 0.25) is 0 Å². The fourth-order valence-electron chi connectivity index (χ4n) is 0.816. The van der Waals surface area contributed by atoms with Crippen LogP contribution < -0.4 is 10.1 Å². The molecule has 1 amide bonds. The Morgan fingerprint density at radius 2 is 2.43 bits per heavy atom. The van der Waals surface area contributed by atoms with Crippen LogP contribution >= 0.6 is 0 Å². The van der Waals surface area contributed by atoms with Crippen molar-refractivity contribution in [1.29, 1.82) is 0 Å². The maximum Gasteiger partial charge on any atom is 0.290 e. The number of nitrogens with zero attached hydrogens (tertiary/aromatic N) is 1. The van der Waals surface area contributed by atoms with Crippen molar-refractivity contribution >= 4 is 5.91 Å². The molecular weight excluding hydrogens is 188 g/mol. The minimum Gasteiger partial charge on any atom is -0.479 e. The molecule has 0 aliphatic carbocycles. The molecule has 6 nitrogen and oxygen atoms in total. The Bertz CT molecular complexity index is 297. The smallest absolute Gasteiger partial charge is 0.290 e. The number of ether oxygens (including phenoxy) is 2. The van der Waals surface area contributed by atoms with Gasteiger partial charge in [0.05, 0.1) is 19.8 Å². The molecule has 0 radical (unpaired) electrons. The van der Waals surface area contributed by atoms with Gasteiger partial charge in [-0.05, 0) is 5.16 Å². The van der Waals surface area contributed by atoms with Crippen LogP contribution in [0.4, 0.5) is 0 Å². The minimum atomic E-state index is -0.335. The second-order valence-corrected chi connectivity index (χ2v) is 2.48. The van der Waals surface area contributed by atoms with Gasteiger partial charge in [-0.15, -0.1) is 0 Å². The molecule has 0 fully saturated rings. The third kappa shape index (κ3) is 2.74. The number of methoxy groups -OCH3 is 2. The lowest BCUT2D eigenvalue weighted by molar-refractivity contribution is 0.0900. The van der Waals surface area contributed by atoms with Crippen LogP contribution in [0.3, 0.4) is 0 Å². The van der Waals surface area contributed by atoms with E-state index < -0.39 is 0 Å². The summed E-state index contributed by atoms with van der Waals surface area (Å²) >= 11 is 0. The van der Waals surface area contributed by atoms with E-state index in [0.717, 1.165) is 0 Å². The Hall–Kier alpha value is -1.56. The summed E-state index contributed by atoms with van der Waals surface area (Å²) in [5, 5.41) is 6.08. The van der Waals surface area contributed by atoms with E-state index in [4.69, 9.17) is 14.0 Å². The van der Waals surface area contributed by atoms with E-state index in [-0.39, 0.29) is 17.5 Å². The van der Waals surface area contributed by atoms with E-state index in [2.05, 4.69) is 10.5 Å². The molecule has 78 valence electrons. The van der Waals surface area contributed by atoms with Crippen LogP contribution in [-0.4, -0.2) is 38.4 Å². The van der Waals surface area contributed by atoms with E-state index in [9.17, 15) is 4.79 Å². The number of nitrogens with one attached hydrogen (secondary N) is 1. The van der Waals surface area contributed by atoms with Crippen LogP contribution in [0, 0.1) is 0 Å². The molecule has 0 spiro atoms. The van der Waals surface area contributed by atoms with Crippen LogP contribution in [0.25, 0.3) is 0 Å². The summed E-state index contributed by atoms with van der Waals surface area (Å²) in [4.78, 5) is 11.3. The molecule has 0 aliphatic rings. The van der Waals surface area contributed by atoms with Gasteiger partial charge < -0.3 is 19.3 Å². The molecular formula is C8H12N2O4. The highest BCUT2D eigenvalue weighted by Gasteiger charge is 2.12. The fraction of sp³-hybridized carbons (Fsp3) is 0.500. The number of rotatable bonds is 5. The summed E-state index contributed by atoms with van der Waals surface area (Å²) in [6.07, 6.45) is 0. The lowest BCUT2D eigenvalue weighted by atomic mass is 10.4. The summed E-state index contributed by atoms with van der Waals surface area (Å²) in [5.74, 6) is 0.0673. The van der Waals surface area contributed by atoms with E-state index in [1.165, 1.54) is 13.2 Å². The average Bonchev–Trinajstić information content (AvgIpc) is 2.66. The van der Waals surface area contributed by atoms with Crippen molar-refractivity contribution in [2.24, 2.45) is 0 Å². The van der Waals surface area contributed by atoms with Crippen molar-refractivity contribution < 1.29 is 18.8 Å². The molecule has 0 aromatic carbocycles. The lowest BCUT2D eigenvalue weighted by Crippen LogP contribution is -2.26. The van der Waals surface area contributed by atoms with Crippen molar-refractivity contribution in [2.75, 3.05) is 27.4 Å². The lowest BCUT2D eigenvalue weighted by Gasteiger charge is -1.99. The van der Waals surface area contributed by atoms with Crippen LogP contribution in [0.5, 0.6) is 5.88 Å². The van der Waals surface area contributed by atoms with Crippen LogP contribution in [-0.2, 0) is 4.74 Å². The third-order valence-electron chi connectivity index (χ3n) is 1.51. The average molecular weight is 200 g/mol. The van der Waals surface area contributed by atoms with Crippen LogP contribution in [0.1, 0.15) is 10.6 Å². The van der Waals surface area contributed by atoms with Crippen molar-refractivity contribution in [3.8, 4) is 5.88 Å². The number of carbonyl (C=O) groups excluding carboxylic acids is 1. The van der Waals surface area contributed by atoms with Crippen molar-refractivity contribution in [1.82, 2.24) is 10.5 Å².